The molecule has 2 rings (SSSR count). The van der Waals surface area contributed by atoms with Crippen molar-refractivity contribution in [3.05, 3.63) is 35.9 Å². The standard InChI is InChI=1S/C10H12O2/c11-10(9-6-12-7-9)8-4-2-1-3-5-8/h1-5,9-11H,6-7H2/t10-/m0/s1. The van der Waals surface area contributed by atoms with Gasteiger partial charge in [-0.05, 0) is 5.56 Å². The molecule has 0 aliphatic carbocycles. The van der Waals surface area contributed by atoms with Crippen LogP contribution < -0.4 is 0 Å². The maximum Gasteiger partial charge on any atom is 0.0862 e. The van der Waals surface area contributed by atoms with E-state index < -0.39 is 0 Å². The van der Waals surface area contributed by atoms with Crippen molar-refractivity contribution in [1.29, 1.82) is 0 Å². The van der Waals surface area contributed by atoms with Gasteiger partial charge in [0, 0.05) is 5.92 Å². The van der Waals surface area contributed by atoms with Crippen LogP contribution in [-0.4, -0.2) is 18.3 Å². The first-order valence-electron chi connectivity index (χ1n) is 4.18. The SMILES string of the molecule is O[C@@H](c1ccccc1)C1COC1. The molecule has 1 N–H and O–H groups in total. The first kappa shape index (κ1) is 7.77. The Morgan fingerprint density at radius 3 is 2.42 bits per heavy atom. The molecule has 0 bridgehead atoms. The van der Waals surface area contributed by atoms with Crippen LogP contribution in [0.5, 0.6) is 0 Å². The summed E-state index contributed by atoms with van der Waals surface area (Å²) in [6, 6.07) is 9.73. The number of aliphatic hydroxyl groups excluding tert-OH is 1. The Morgan fingerprint density at radius 2 is 1.92 bits per heavy atom. The Balaban J connectivity index is 2.08. The van der Waals surface area contributed by atoms with Crippen molar-refractivity contribution < 1.29 is 9.84 Å². The fraction of sp³-hybridized carbons (Fsp3) is 0.400. The molecule has 12 heavy (non-hydrogen) atoms. The number of hydrogen-bond donors (Lipinski definition) is 1. The van der Waals surface area contributed by atoms with Gasteiger partial charge in [0.15, 0.2) is 0 Å². The monoisotopic (exact) mass is 164 g/mol. The van der Waals surface area contributed by atoms with Crippen molar-refractivity contribution in [2.45, 2.75) is 6.10 Å². The lowest BCUT2D eigenvalue weighted by molar-refractivity contribution is -0.0924. The van der Waals surface area contributed by atoms with Crippen LogP contribution in [0.1, 0.15) is 11.7 Å². The summed E-state index contributed by atoms with van der Waals surface area (Å²) >= 11 is 0. The number of rotatable bonds is 2. The van der Waals surface area contributed by atoms with E-state index in [0.717, 1.165) is 5.56 Å². The molecule has 1 fully saturated rings. The third kappa shape index (κ3) is 1.36. The highest BCUT2D eigenvalue weighted by atomic mass is 16.5. The molecule has 2 heteroatoms. The number of ether oxygens (including phenoxy) is 1. The Bertz CT molecular complexity index is 241. The molecule has 0 aromatic heterocycles. The first-order valence-corrected chi connectivity index (χ1v) is 4.18. The summed E-state index contributed by atoms with van der Waals surface area (Å²) in [5.74, 6) is 0.299. The van der Waals surface area contributed by atoms with Gasteiger partial charge in [-0.15, -0.1) is 0 Å². The van der Waals surface area contributed by atoms with Crippen LogP contribution in [0.4, 0.5) is 0 Å². The minimum absolute atomic E-state index is 0.299. The predicted molar refractivity (Wildman–Crippen MR) is 45.7 cm³/mol. The second-order valence-electron chi connectivity index (χ2n) is 3.15. The molecule has 0 amide bonds. The molecule has 1 saturated heterocycles. The fourth-order valence-corrected chi connectivity index (χ4v) is 1.36. The average Bonchev–Trinajstić information content (AvgIpc) is 2.03. The Hall–Kier alpha value is -0.860. The predicted octanol–water partition coefficient (Wildman–Crippen LogP) is 1.37. The molecule has 0 unspecified atom stereocenters. The van der Waals surface area contributed by atoms with E-state index in [4.69, 9.17) is 4.74 Å². The third-order valence-electron chi connectivity index (χ3n) is 2.25. The summed E-state index contributed by atoms with van der Waals surface area (Å²) in [6.07, 6.45) is -0.347. The molecular formula is C10H12O2. The Kier molecular flexibility index (Phi) is 2.11. The van der Waals surface area contributed by atoms with Gasteiger partial charge in [-0.3, -0.25) is 0 Å². The zero-order chi connectivity index (χ0) is 8.39. The highest BCUT2D eigenvalue weighted by Gasteiger charge is 2.27. The molecule has 2 nitrogen and oxygen atoms in total. The van der Waals surface area contributed by atoms with Crippen molar-refractivity contribution in [2.24, 2.45) is 5.92 Å². The van der Waals surface area contributed by atoms with Gasteiger partial charge < -0.3 is 9.84 Å². The van der Waals surface area contributed by atoms with Gasteiger partial charge in [0.05, 0.1) is 19.3 Å². The van der Waals surface area contributed by atoms with E-state index in [0.29, 0.717) is 19.1 Å². The highest BCUT2D eigenvalue weighted by molar-refractivity contribution is 5.18. The Morgan fingerprint density at radius 1 is 1.25 bits per heavy atom. The van der Waals surface area contributed by atoms with Crippen molar-refractivity contribution in [3.8, 4) is 0 Å². The number of aliphatic hydroxyl groups is 1. The lowest BCUT2D eigenvalue weighted by Gasteiger charge is -2.30. The maximum absolute atomic E-state index is 9.76. The molecule has 1 aromatic rings. The van der Waals surface area contributed by atoms with Crippen molar-refractivity contribution in [3.63, 3.8) is 0 Å². The summed E-state index contributed by atoms with van der Waals surface area (Å²) in [4.78, 5) is 0. The van der Waals surface area contributed by atoms with Crippen LogP contribution in [0, 0.1) is 5.92 Å². The third-order valence-corrected chi connectivity index (χ3v) is 2.25. The zero-order valence-corrected chi connectivity index (χ0v) is 6.81. The minimum atomic E-state index is -0.347. The zero-order valence-electron chi connectivity index (χ0n) is 6.81. The first-order chi connectivity index (χ1) is 5.88. The number of benzene rings is 1. The van der Waals surface area contributed by atoms with E-state index in [2.05, 4.69) is 0 Å². The average molecular weight is 164 g/mol. The van der Waals surface area contributed by atoms with Gasteiger partial charge in [-0.2, -0.15) is 0 Å². The van der Waals surface area contributed by atoms with E-state index in [9.17, 15) is 5.11 Å². The molecule has 0 saturated carbocycles. The van der Waals surface area contributed by atoms with E-state index >= 15 is 0 Å². The normalized spacial score (nSPS) is 20.1. The van der Waals surface area contributed by atoms with Crippen molar-refractivity contribution in [1.82, 2.24) is 0 Å². The summed E-state index contributed by atoms with van der Waals surface area (Å²) in [7, 11) is 0. The molecule has 0 spiro atoms. The van der Waals surface area contributed by atoms with Gasteiger partial charge in [0.1, 0.15) is 0 Å². The highest BCUT2D eigenvalue weighted by Crippen LogP contribution is 2.27. The molecule has 1 aromatic carbocycles. The second kappa shape index (κ2) is 3.25. The van der Waals surface area contributed by atoms with E-state index in [1.54, 1.807) is 0 Å². The van der Waals surface area contributed by atoms with Gasteiger partial charge >= 0.3 is 0 Å². The van der Waals surface area contributed by atoms with Gasteiger partial charge in [-0.25, -0.2) is 0 Å². The van der Waals surface area contributed by atoms with E-state index in [1.807, 2.05) is 30.3 Å². The van der Waals surface area contributed by atoms with Crippen LogP contribution in [-0.2, 0) is 4.74 Å². The molecule has 1 atom stereocenters. The smallest absolute Gasteiger partial charge is 0.0862 e. The quantitative estimate of drug-likeness (QED) is 0.715. The fourth-order valence-electron chi connectivity index (χ4n) is 1.36. The van der Waals surface area contributed by atoms with E-state index in [-0.39, 0.29) is 6.10 Å². The topological polar surface area (TPSA) is 29.5 Å². The van der Waals surface area contributed by atoms with Crippen LogP contribution in [0.15, 0.2) is 30.3 Å². The molecular weight excluding hydrogens is 152 g/mol. The van der Waals surface area contributed by atoms with Gasteiger partial charge in [-0.1, -0.05) is 30.3 Å². The summed E-state index contributed by atoms with van der Waals surface area (Å²) < 4.78 is 5.02. The lowest BCUT2D eigenvalue weighted by atomic mass is 9.94. The summed E-state index contributed by atoms with van der Waals surface area (Å²) in [5.41, 5.74) is 0.991. The Labute approximate surface area is 71.8 Å². The van der Waals surface area contributed by atoms with E-state index in [1.165, 1.54) is 0 Å². The van der Waals surface area contributed by atoms with Crippen LogP contribution in [0.3, 0.4) is 0 Å². The molecule has 0 radical (unpaired) electrons. The number of hydrogen-bond acceptors (Lipinski definition) is 2. The summed E-state index contributed by atoms with van der Waals surface area (Å²) in [5, 5.41) is 9.76. The maximum atomic E-state index is 9.76. The van der Waals surface area contributed by atoms with Gasteiger partial charge in [0.2, 0.25) is 0 Å². The molecule has 1 aliphatic heterocycles. The molecule has 1 aliphatic rings. The molecule has 64 valence electrons. The molecule has 1 heterocycles. The van der Waals surface area contributed by atoms with Crippen molar-refractivity contribution >= 4 is 0 Å². The van der Waals surface area contributed by atoms with Crippen molar-refractivity contribution in [2.75, 3.05) is 13.2 Å². The summed E-state index contributed by atoms with van der Waals surface area (Å²) in [6.45, 7) is 1.38. The minimum Gasteiger partial charge on any atom is -0.388 e. The largest absolute Gasteiger partial charge is 0.388 e. The second-order valence-corrected chi connectivity index (χ2v) is 3.15. The van der Waals surface area contributed by atoms with Crippen LogP contribution in [0.2, 0.25) is 0 Å². The lowest BCUT2D eigenvalue weighted by Crippen LogP contribution is -2.32. The van der Waals surface area contributed by atoms with Gasteiger partial charge in [0.25, 0.3) is 0 Å². The van der Waals surface area contributed by atoms with Crippen LogP contribution >= 0.6 is 0 Å². The van der Waals surface area contributed by atoms with Crippen LogP contribution in [0.25, 0.3) is 0 Å².